The minimum atomic E-state index is 0.256. The zero-order valence-corrected chi connectivity index (χ0v) is 9.67. The van der Waals surface area contributed by atoms with Gasteiger partial charge < -0.3 is 10.1 Å². The van der Waals surface area contributed by atoms with Crippen molar-refractivity contribution in [1.82, 2.24) is 10.3 Å². The summed E-state index contributed by atoms with van der Waals surface area (Å²) in [4.78, 5) is 4.15. The van der Waals surface area contributed by atoms with E-state index in [4.69, 9.17) is 4.74 Å². The molecular weight excluding hydrogens is 208 g/mol. The van der Waals surface area contributed by atoms with Crippen LogP contribution in [0.1, 0.15) is 11.6 Å². The molecule has 2 unspecified atom stereocenters. The van der Waals surface area contributed by atoms with Gasteiger partial charge in [-0.15, -0.1) is 0 Å². The summed E-state index contributed by atoms with van der Waals surface area (Å²) < 4.78 is 5.77. The molecule has 3 nitrogen and oxygen atoms in total. The lowest BCUT2D eigenvalue weighted by atomic mass is 10.0. The number of thioether (sulfide) groups is 1. The Morgan fingerprint density at radius 3 is 3.20 bits per heavy atom. The van der Waals surface area contributed by atoms with Crippen molar-refractivity contribution in [2.45, 2.75) is 12.1 Å². The van der Waals surface area contributed by atoms with Crippen molar-refractivity contribution in [3.05, 3.63) is 30.1 Å². The van der Waals surface area contributed by atoms with Crippen LogP contribution in [0.25, 0.3) is 0 Å². The van der Waals surface area contributed by atoms with Crippen molar-refractivity contribution in [3.63, 3.8) is 0 Å². The van der Waals surface area contributed by atoms with Crippen molar-refractivity contribution in [3.8, 4) is 0 Å². The van der Waals surface area contributed by atoms with Crippen molar-refractivity contribution in [2.24, 2.45) is 0 Å². The molecular formula is C11H16N2OS. The quantitative estimate of drug-likeness (QED) is 0.843. The molecule has 0 saturated carbocycles. The molecule has 0 radical (unpaired) electrons. The van der Waals surface area contributed by atoms with Crippen molar-refractivity contribution < 1.29 is 4.74 Å². The first-order valence-electron chi connectivity index (χ1n) is 5.18. The summed E-state index contributed by atoms with van der Waals surface area (Å²) in [5, 5.41) is 3.31. The molecule has 0 amide bonds. The van der Waals surface area contributed by atoms with E-state index in [1.807, 2.05) is 31.1 Å². The molecule has 2 atom stereocenters. The van der Waals surface area contributed by atoms with Gasteiger partial charge in [0.1, 0.15) is 0 Å². The second-order valence-corrected chi connectivity index (χ2v) is 4.69. The molecule has 2 heterocycles. The van der Waals surface area contributed by atoms with E-state index in [2.05, 4.69) is 16.4 Å². The van der Waals surface area contributed by atoms with E-state index in [0.29, 0.717) is 0 Å². The number of hydrogen-bond acceptors (Lipinski definition) is 4. The van der Waals surface area contributed by atoms with Gasteiger partial charge in [-0.05, 0) is 18.7 Å². The Labute approximate surface area is 94.6 Å². The van der Waals surface area contributed by atoms with E-state index in [1.54, 1.807) is 6.20 Å². The highest BCUT2D eigenvalue weighted by Crippen LogP contribution is 2.24. The van der Waals surface area contributed by atoms with E-state index >= 15 is 0 Å². The second kappa shape index (κ2) is 5.49. The Bertz CT molecular complexity index is 288. The minimum absolute atomic E-state index is 0.256. The molecule has 1 aliphatic heterocycles. The van der Waals surface area contributed by atoms with Crippen LogP contribution >= 0.6 is 11.8 Å². The van der Waals surface area contributed by atoms with Gasteiger partial charge in [0.05, 0.1) is 18.8 Å². The van der Waals surface area contributed by atoms with E-state index < -0.39 is 0 Å². The molecule has 15 heavy (non-hydrogen) atoms. The predicted octanol–water partition coefficient (Wildman–Crippen LogP) is 1.47. The van der Waals surface area contributed by atoms with Crippen LogP contribution in [0.3, 0.4) is 0 Å². The number of likely N-dealkylation sites (N-methyl/N-ethyl adjacent to an activating group) is 1. The van der Waals surface area contributed by atoms with Crippen LogP contribution in [-0.4, -0.2) is 36.2 Å². The monoisotopic (exact) mass is 224 g/mol. The summed E-state index contributed by atoms with van der Waals surface area (Å²) in [6, 6.07) is 4.32. The third-order valence-electron chi connectivity index (χ3n) is 2.57. The maximum atomic E-state index is 5.77. The molecule has 1 N–H and O–H groups in total. The van der Waals surface area contributed by atoms with Gasteiger partial charge in [-0.25, -0.2) is 0 Å². The highest BCUT2D eigenvalue weighted by molar-refractivity contribution is 7.99. The average Bonchev–Trinajstić information content (AvgIpc) is 2.33. The van der Waals surface area contributed by atoms with Crippen LogP contribution in [0.4, 0.5) is 0 Å². The maximum Gasteiger partial charge on any atom is 0.0860 e. The molecule has 0 aliphatic carbocycles. The minimum Gasteiger partial charge on any atom is -0.375 e. The Kier molecular flexibility index (Phi) is 4.00. The number of pyridine rings is 1. The van der Waals surface area contributed by atoms with Gasteiger partial charge in [-0.2, -0.15) is 11.8 Å². The average molecular weight is 224 g/mol. The second-order valence-electron chi connectivity index (χ2n) is 3.54. The lowest BCUT2D eigenvalue weighted by Crippen LogP contribution is -2.36. The van der Waals surface area contributed by atoms with Crippen LogP contribution < -0.4 is 5.32 Å². The largest absolute Gasteiger partial charge is 0.375 e. The molecule has 2 rings (SSSR count). The first-order chi connectivity index (χ1) is 7.42. The molecule has 1 aromatic heterocycles. The number of aromatic nitrogens is 1. The maximum absolute atomic E-state index is 5.77. The van der Waals surface area contributed by atoms with Crippen molar-refractivity contribution in [2.75, 3.05) is 25.2 Å². The summed E-state index contributed by atoms with van der Waals surface area (Å²) in [6.45, 7) is 0.855. The van der Waals surface area contributed by atoms with Crippen molar-refractivity contribution >= 4 is 11.8 Å². The zero-order valence-electron chi connectivity index (χ0n) is 8.85. The summed E-state index contributed by atoms with van der Waals surface area (Å²) in [5.41, 5.74) is 1.20. The Morgan fingerprint density at radius 1 is 1.67 bits per heavy atom. The highest BCUT2D eigenvalue weighted by Gasteiger charge is 2.24. The standard InChI is InChI=1S/C11H16N2OS/c1-12-11(9-3-2-4-13-7-9)10-8-15-6-5-14-10/h2-4,7,10-12H,5-6,8H2,1H3. The molecule has 1 aliphatic rings. The van der Waals surface area contributed by atoms with Gasteiger partial charge in [0.25, 0.3) is 0 Å². The zero-order chi connectivity index (χ0) is 10.5. The summed E-state index contributed by atoms with van der Waals surface area (Å²) >= 11 is 1.96. The van der Waals surface area contributed by atoms with Gasteiger partial charge in [-0.3, -0.25) is 4.98 Å². The van der Waals surface area contributed by atoms with Gasteiger partial charge in [0, 0.05) is 23.9 Å². The smallest absolute Gasteiger partial charge is 0.0860 e. The number of nitrogens with one attached hydrogen (secondary N) is 1. The molecule has 1 aromatic rings. The summed E-state index contributed by atoms with van der Waals surface area (Å²) in [7, 11) is 1.97. The molecule has 4 heteroatoms. The number of nitrogens with zero attached hydrogens (tertiary/aromatic N) is 1. The van der Waals surface area contributed by atoms with E-state index in [-0.39, 0.29) is 12.1 Å². The fourth-order valence-corrected chi connectivity index (χ4v) is 2.73. The van der Waals surface area contributed by atoms with Gasteiger partial charge in [0.2, 0.25) is 0 Å². The van der Waals surface area contributed by atoms with E-state index in [9.17, 15) is 0 Å². The fourth-order valence-electron chi connectivity index (χ4n) is 1.83. The molecule has 0 aromatic carbocycles. The topological polar surface area (TPSA) is 34.2 Å². The molecule has 1 fully saturated rings. The Hall–Kier alpha value is -0.580. The summed E-state index contributed by atoms with van der Waals surface area (Å²) in [6.07, 6.45) is 3.97. The first-order valence-corrected chi connectivity index (χ1v) is 6.34. The third kappa shape index (κ3) is 2.71. The number of ether oxygens (including phenoxy) is 1. The van der Waals surface area contributed by atoms with Crippen LogP contribution in [0.5, 0.6) is 0 Å². The lowest BCUT2D eigenvalue weighted by Gasteiger charge is -2.30. The number of rotatable bonds is 3. The van der Waals surface area contributed by atoms with Crippen LogP contribution in [0, 0.1) is 0 Å². The normalized spacial score (nSPS) is 23.7. The van der Waals surface area contributed by atoms with Gasteiger partial charge in [0.15, 0.2) is 0 Å². The van der Waals surface area contributed by atoms with Gasteiger partial charge >= 0.3 is 0 Å². The Balaban J connectivity index is 2.09. The van der Waals surface area contributed by atoms with E-state index in [0.717, 1.165) is 18.1 Å². The highest BCUT2D eigenvalue weighted by atomic mass is 32.2. The SMILES string of the molecule is CNC(c1cccnc1)C1CSCCO1. The third-order valence-corrected chi connectivity index (χ3v) is 3.59. The van der Waals surface area contributed by atoms with E-state index in [1.165, 1.54) is 5.56 Å². The first kappa shape index (κ1) is 10.9. The lowest BCUT2D eigenvalue weighted by molar-refractivity contribution is 0.0487. The number of hydrogen-bond donors (Lipinski definition) is 1. The summed E-state index contributed by atoms with van der Waals surface area (Å²) in [5.74, 6) is 2.17. The fraction of sp³-hybridized carbons (Fsp3) is 0.545. The van der Waals surface area contributed by atoms with Crippen LogP contribution in [0.15, 0.2) is 24.5 Å². The molecule has 0 bridgehead atoms. The molecule has 1 saturated heterocycles. The van der Waals surface area contributed by atoms with Crippen LogP contribution in [-0.2, 0) is 4.74 Å². The Morgan fingerprint density at radius 2 is 2.60 bits per heavy atom. The molecule has 82 valence electrons. The predicted molar refractivity (Wildman–Crippen MR) is 63.1 cm³/mol. The van der Waals surface area contributed by atoms with Crippen molar-refractivity contribution in [1.29, 1.82) is 0 Å². The molecule has 0 spiro atoms. The van der Waals surface area contributed by atoms with Crippen LogP contribution in [0.2, 0.25) is 0 Å². The van der Waals surface area contributed by atoms with Gasteiger partial charge in [-0.1, -0.05) is 6.07 Å².